The standard InChI is InChI=1S/C34H30F4N8O2/c1-21-13-29(35)27(14-22(21)7-9-26-17-39-32-30(5-4-10-46(26)32)41-25-16-40-44(3)19-25)33(48)42-24-8-6-23(28(15-24)34(36,37)38)18-45-12-11-43(2)31(47)20-45/h4-6,8,10,13-17,19,41H,11-12,18,20H2,1-3H3,(H,42,48). The monoisotopic (exact) mass is 658 g/mol. The Morgan fingerprint density at radius 2 is 1.85 bits per heavy atom. The van der Waals surface area contributed by atoms with Crippen LogP contribution in [0.15, 0.2) is 67.3 Å². The second-order valence-electron chi connectivity index (χ2n) is 11.5. The molecule has 4 heterocycles. The summed E-state index contributed by atoms with van der Waals surface area (Å²) in [5, 5.41) is 9.81. The number of carbonyl (C=O) groups excluding carboxylic acids is 2. The Morgan fingerprint density at radius 1 is 1.04 bits per heavy atom. The highest BCUT2D eigenvalue weighted by Gasteiger charge is 2.35. The van der Waals surface area contributed by atoms with Crippen molar-refractivity contribution in [2.75, 3.05) is 37.3 Å². The van der Waals surface area contributed by atoms with Crippen molar-refractivity contribution in [1.82, 2.24) is 29.0 Å². The number of amides is 2. The lowest BCUT2D eigenvalue weighted by atomic mass is 10.0. The minimum absolute atomic E-state index is 0.00584. The third kappa shape index (κ3) is 6.86. The summed E-state index contributed by atoms with van der Waals surface area (Å²) >= 11 is 0. The molecule has 0 atom stereocenters. The van der Waals surface area contributed by atoms with Crippen LogP contribution in [-0.4, -0.2) is 67.5 Å². The number of likely N-dealkylation sites (N-methyl/N-ethyl adjacent to an activating group) is 1. The number of alkyl halides is 3. The second kappa shape index (κ2) is 12.8. The van der Waals surface area contributed by atoms with Crippen molar-refractivity contribution in [3.8, 4) is 11.8 Å². The van der Waals surface area contributed by atoms with E-state index in [-0.39, 0.29) is 35.8 Å². The number of aromatic nitrogens is 4. The lowest BCUT2D eigenvalue weighted by molar-refractivity contribution is -0.138. The van der Waals surface area contributed by atoms with Crippen LogP contribution in [0.2, 0.25) is 0 Å². The maximum atomic E-state index is 15.0. The van der Waals surface area contributed by atoms with Gasteiger partial charge >= 0.3 is 6.18 Å². The van der Waals surface area contributed by atoms with E-state index in [4.69, 9.17) is 0 Å². The maximum absolute atomic E-state index is 15.0. The number of nitrogens with zero attached hydrogens (tertiary/aromatic N) is 6. The largest absolute Gasteiger partial charge is 0.416 e. The number of nitrogens with one attached hydrogen (secondary N) is 2. The number of fused-ring (bicyclic) bond motifs is 1. The highest BCUT2D eigenvalue weighted by Crippen LogP contribution is 2.35. The summed E-state index contributed by atoms with van der Waals surface area (Å²) in [6.45, 7) is 2.39. The summed E-state index contributed by atoms with van der Waals surface area (Å²) in [7, 11) is 3.45. The predicted molar refractivity (Wildman–Crippen MR) is 171 cm³/mol. The third-order valence-electron chi connectivity index (χ3n) is 8.01. The number of benzene rings is 2. The molecule has 2 N–H and O–H groups in total. The van der Waals surface area contributed by atoms with Gasteiger partial charge in [-0.25, -0.2) is 9.37 Å². The molecule has 48 heavy (non-hydrogen) atoms. The lowest BCUT2D eigenvalue weighted by Crippen LogP contribution is -2.48. The van der Waals surface area contributed by atoms with Crippen molar-refractivity contribution in [3.63, 3.8) is 0 Å². The van der Waals surface area contributed by atoms with Gasteiger partial charge in [-0.3, -0.25) is 23.6 Å². The van der Waals surface area contributed by atoms with Crippen LogP contribution in [0.4, 0.5) is 34.6 Å². The number of hydrogen-bond acceptors (Lipinski definition) is 6. The third-order valence-corrected chi connectivity index (χ3v) is 8.01. The van der Waals surface area contributed by atoms with Crippen LogP contribution in [0.5, 0.6) is 0 Å². The number of piperazine rings is 1. The summed E-state index contributed by atoms with van der Waals surface area (Å²) < 4.78 is 60.7. The molecule has 1 aliphatic rings. The van der Waals surface area contributed by atoms with Crippen LogP contribution in [0, 0.1) is 24.6 Å². The van der Waals surface area contributed by atoms with E-state index in [1.165, 1.54) is 23.1 Å². The van der Waals surface area contributed by atoms with Crippen LogP contribution in [0.25, 0.3) is 5.65 Å². The van der Waals surface area contributed by atoms with Gasteiger partial charge in [-0.15, -0.1) is 0 Å². The highest BCUT2D eigenvalue weighted by atomic mass is 19.4. The number of hydrogen-bond donors (Lipinski definition) is 2. The minimum atomic E-state index is -4.72. The Balaban J connectivity index is 1.23. The molecular formula is C34H30F4N8O2. The van der Waals surface area contributed by atoms with Crippen molar-refractivity contribution < 1.29 is 27.2 Å². The van der Waals surface area contributed by atoms with Crippen LogP contribution >= 0.6 is 0 Å². The van der Waals surface area contributed by atoms with Gasteiger partial charge in [0.25, 0.3) is 5.91 Å². The molecule has 0 saturated carbocycles. The Bertz CT molecular complexity index is 2110. The molecule has 0 aliphatic carbocycles. The molecule has 1 saturated heterocycles. The van der Waals surface area contributed by atoms with Crippen molar-refractivity contribution in [2.24, 2.45) is 7.05 Å². The Kier molecular flexibility index (Phi) is 8.63. The number of imidazole rings is 1. The first kappa shape index (κ1) is 32.3. The van der Waals surface area contributed by atoms with Crippen LogP contribution in [0.3, 0.4) is 0 Å². The van der Waals surface area contributed by atoms with Crippen LogP contribution < -0.4 is 10.6 Å². The Hall–Kier alpha value is -5.68. The van der Waals surface area contributed by atoms with Crippen molar-refractivity contribution in [2.45, 2.75) is 19.6 Å². The molecule has 246 valence electrons. The van der Waals surface area contributed by atoms with Gasteiger partial charge < -0.3 is 15.5 Å². The number of rotatable bonds is 6. The van der Waals surface area contributed by atoms with Gasteiger partial charge in [0.2, 0.25) is 5.91 Å². The van der Waals surface area contributed by atoms with E-state index in [9.17, 15) is 22.8 Å². The van der Waals surface area contributed by atoms with Gasteiger partial charge in [-0.2, -0.15) is 18.3 Å². The molecule has 6 rings (SSSR count). The van der Waals surface area contributed by atoms with Crippen molar-refractivity contribution in [3.05, 3.63) is 107 Å². The highest BCUT2D eigenvalue weighted by molar-refractivity contribution is 6.04. The van der Waals surface area contributed by atoms with Crippen molar-refractivity contribution in [1.29, 1.82) is 0 Å². The molecule has 3 aromatic heterocycles. The summed E-state index contributed by atoms with van der Waals surface area (Å²) in [5.41, 5.74) is 1.97. The molecule has 1 aliphatic heterocycles. The van der Waals surface area contributed by atoms with E-state index in [1.54, 1.807) is 46.5 Å². The molecule has 5 aromatic rings. The first-order valence-electron chi connectivity index (χ1n) is 14.9. The van der Waals surface area contributed by atoms with Crippen LogP contribution in [0.1, 0.15) is 38.3 Å². The molecule has 1 fully saturated rings. The van der Waals surface area contributed by atoms with Gasteiger partial charge in [-0.05, 0) is 60.4 Å². The summed E-state index contributed by atoms with van der Waals surface area (Å²) in [4.78, 5) is 32.9. The zero-order chi connectivity index (χ0) is 34.2. The van der Waals surface area contributed by atoms with E-state index in [1.807, 2.05) is 25.4 Å². The van der Waals surface area contributed by atoms with Gasteiger partial charge in [0.15, 0.2) is 5.65 Å². The molecule has 10 nitrogen and oxygen atoms in total. The van der Waals surface area contributed by atoms with E-state index in [2.05, 4.69) is 32.6 Å². The smallest absolute Gasteiger partial charge is 0.350 e. The number of anilines is 3. The average molecular weight is 659 g/mol. The lowest BCUT2D eigenvalue weighted by Gasteiger charge is -2.32. The summed E-state index contributed by atoms with van der Waals surface area (Å²) in [6.07, 6.45) is 2.16. The van der Waals surface area contributed by atoms with E-state index >= 15 is 4.39 Å². The van der Waals surface area contributed by atoms with Gasteiger partial charge in [-0.1, -0.05) is 12.0 Å². The van der Waals surface area contributed by atoms with E-state index in [0.717, 1.165) is 23.5 Å². The fraction of sp³-hybridized carbons (Fsp3) is 0.235. The molecule has 2 aromatic carbocycles. The first-order valence-corrected chi connectivity index (χ1v) is 14.9. The molecule has 0 radical (unpaired) electrons. The minimum Gasteiger partial charge on any atom is -0.350 e. The summed E-state index contributed by atoms with van der Waals surface area (Å²) in [5.74, 6) is 4.05. The zero-order valence-corrected chi connectivity index (χ0v) is 26.2. The summed E-state index contributed by atoms with van der Waals surface area (Å²) in [6, 6.07) is 9.53. The normalized spacial score (nSPS) is 13.8. The van der Waals surface area contributed by atoms with Gasteiger partial charge in [0, 0.05) is 57.4 Å². The van der Waals surface area contributed by atoms with Gasteiger partial charge in [0.1, 0.15) is 11.5 Å². The Morgan fingerprint density at radius 3 is 2.58 bits per heavy atom. The van der Waals surface area contributed by atoms with Crippen LogP contribution in [-0.2, 0) is 24.6 Å². The molecular weight excluding hydrogens is 628 g/mol. The quantitative estimate of drug-likeness (QED) is 0.192. The number of pyridine rings is 1. The van der Waals surface area contributed by atoms with Crippen molar-refractivity contribution >= 4 is 34.5 Å². The molecule has 0 unspecified atom stereocenters. The van der Waals surface area contributed by atoms with E-state index < -0.39 is 23.5 Å². The molecule has 0 spiro atoms. The average Bonchev–Trinajstić information content (AvgIpc) is 3.64. The predicted octanol–water partition coefficient (Wildman–Crippen LogP) is 5.20. The SMILES string of the molecule is Cc1cc(F)c(C(=O)Nc2ccc(CN3CCN(C)C(=O)C3)c(C(F)(F)F)c2)cc1C#Cc1cnc2c(Nc3cnn(C)c3)cccn12. The zero-order valence-electron chi connectivity index (χ0n) is 26.2. The van der Waals surface area contributed by atoms with E-state index in [0.29, 0.717) is 35.6 Å². The molecule has 14 heteroatoms. The fourth-order valence-corrected chi connectivity index (χ4v) is 5.39. The fourth-order valence-electron chi connectivity index (χ4n) is 5.39. The molecule has 0 bridgehead atoms. The second-order valence-corrected chi connectivity index (χ2v) is 11.5. The topological polar surface area (TPSA) is 99.8 Å². The number of carbonyl (C=O) groups is 2. The maximum Gasteiger partial charge on any atom is 0.416 e. The Labute approximate surface area is 273 Å². The first-order chi connectivity index (χ1) is 22.9. The molecule has 2 amide bonds. The number of halogens is 4. The number of aryl methyl sites for hydroxylation is 2. The van der Waals surface area contributed by atoms with Gasteiger partial charge in [0.05, 0.1) is 41.4 Å².